The highest BCUT2D eigenvalue weighted by molar-refractivity contribution is 8.00. The van der Waals surface area contributed by atoms with E-state index in [0.717, 1.165) is 32.8 Å². The minimum atomic E-state index is -0.331. The van der Waals surface area contributed by atoms with Crippen molar-refractivity contribution >= 4 is 50.9 Å². The molecule has 1 atom stereocenters. The maximum Gasteiger partial charge on any atom is 0.319 e. The molecule has 0 aliphatic carbocycles. The van der Waals surface area contributed by atoms with E-state index >= 15 is 0 Å². The predicted octanol–water partition coefficient (Wildman–Crippen LogP) is 5.45. The molecule has 7 heteroatoms. The third kappa shape index (κ3) is 4.14. The van der Waals surface area contributed by atoms with E-state index in [4.69, 9.17) is 16.3 Å². The van der Waals surface area contributed by atoms with Gasteiger partial charge in [-0.2, -0.15) is 0 Å². The lowest BCUT2D eigenvalue weighted by molar-refractivity contribution is -0.142. The summed E-state index contributed by atoms with van der Waals surface area (Å²) in [4.78, 5) is 21.7. The van der Waals surface area contributed by atoms with Gasteiger partial charge in [0.1, 0.15) is 21.4 Å². The highest BCUT2D eigenvalue weighted by atomic mass is 35.5. The third-order valence-corrected chi connectivity index (χ3v) is 5.78. The zero-order valence-corrected chi connectivity index (χ0v) is 16.2. The largest absolute Gasteiger partial charge is 0.465 e. The fourth-order valence-electron chi connectivity index (χ4n) is 2.31. The number of halogens is 1. The number of esters is 1. The van der Waals surface area contributed by atoms with Crippen LogP contribution >= 0.6 is 34.7 Å². The van der Waals surface area contributed by atoms with Gasteiger partial charge in [-0.25, -0.2) is 9.97 Å². The molecule has 0 radical (unpaired) electrons. The van der Waals surface area contributed by atoms with Gasteiger partial charge >= 0.3 is 5.97 Å². The Kier molecular flexibility index (Phi) is 5.93. The van der Waals surface area contributed by atoms with Crippen LogP contribution in [0.15, 0.2) is 41.0 Å². The number of carbonyl (C=O) groups excluding carboxylic acids is 1. The first kappa shape index (κ1) is 18.2. The van der Waals surface area contributed by atoms with Crippen molar-refractivity contribution in [2.75, 3.05) is 6.61 Å². The molecule has 130 valence electrons. The van der Waals surface area contributed by atoms with Crippen molar-refractivity contribution in [2.45, 2.75) is 30.5 Å². The molecule has 1 aromatic carbocycles. The fraction of sp³-hybridized carbons (Fsp3) is 0.278. The van der Waals surface area contributed by atoms with Crippen molar-refractivity contribution in [2.24, 2.45) is 0 Å². The summed E-state index contributed by atoms with van der Waals surface area (Å²) in [7, 11) is 0. The van der Waals surface area contributed by atoms with Gasteiger partial charge in [0.15, 0.2) is 0 Å². The Bertz CT molecular complexity index is 880. The average molecular weight is 393 g/mol. The fourth-order valence-corrected chi connectivity index (χ4v) is 4.35. The second kappa shape index (κ2) is 8.17. The van der Waals surface area contributed by atoms with Crippen LogP contribution in [0.2, 0.25) is 5.02 Å². The summed E-state index contributed by atoms with van der Waals surface area (Å²) >= 11 is 8.96. The van der Waals surface area contributed by atoms with Gasteiger partial charge in [0, 0.05) is 16.0 Å². The molecule has 0 spiro atoms. The molecule has 2 heterocycles. The van der Waals surface area contributed by atoms with E-state index in [1.165, 1.54) is 18.1 Å². The Hall–Kier alpha value is -1.63. The average Bonchev–Trinajstić information content (AvgIpc) is 3.05. The predicted molar refractivity (Wildman–Crippen MR) is 104 cm³/mol. The van der Waals surface area contributed by atoms with E-state index in [-0.39, 0.29) is 11.2 Å². The van der Waals surface area contributed by atoms with Crippen LogP contribution < -0.4 is 0 Å². The molecule has 0 aliphatic heterocycles. The Morgan fingerprint density at radius 1 is 1.32 bits per heavy atom. The van der Waals surface area contributed by atoms with Crippen LogP contribution in [0, 0.1) is 0 Å². The molecule has 0 saturated heterocycles. The van der Waals surface area contributed by atoms with E-state index in [0.29, 0.717) is 11.6 Å². The Morgan fingerprint density at radius 2 is 2.08 bits per heavy atom. The molecule has 3 aromatic rings. The minimum Gasteiger partial charge on any atom is -0.465 e. The van der Waals surface area contributed by atoms with Gasteiger partial charge < -0.3 is 4.74 Å². The molecule has 3 rings (SSSR count). The standard InChI is InChI=1S/C18H17ClN2O2S2/c1-3-8-23-18(22)11(2)25-17-15-14(9-24-16(15)20-10-21-17)12-4-6-13(19)7-5-12/h4-7,9-11H,3,8H2,1-2H3/t11-/m1/s1. The number of benzene rings is 1. The van der Waals surface area contributed by atoms with Crippen LogP contribution in [-0.4, -0.2) is 27.8 Å². The molecule has 0 amide bonds. The van der Waals surface area contributed by atoms with Gasteiger partial charge in [-0.3, -0.25) is 4.79 Å². The zero-order valence-electron chi connectivity index (χ0n) is 13.9. The van der Waals surface area contributed by atoms with Crippen molar-refractivity contribution < 1.29 is 9.53 Å². The van der Waals surface area contributed by atoms with E-state index in [9.17, 15) is 4.79 Å². The second-order valence-corrected chi connectivity index (χ2v) is 8.07. The number of hydrogen-bond donors (Lipinski definition) is 0. The van der Waals surface area contributed by atoms with Crippen LogP contribution in [0.1, 0.15) is 20.3 Å². The number of rotatable bonds is 6. The van der Waals surface area contributed by atoms with E-state index in [1.54, 1.807) is 11.3 Å². The van der Waals surface area contributed by atoms with Crippen molar-refractivity contribution in [3.8, 4) is 11.1 Å². The van der Waals surface area contributed by atoms with Crippen molar-refractivity contribution in [3.05, 3.63) is 41.0 Å². The zero-order chi connectivity index (χ0) is 17.8. The quantitative estimate of drug-likeness (QED) is 0.317. The van der Waals surface area contributed by atoms with E-state index < -0.39 is 0 Å². The number of aromatic nitrogens is 2. The van der Waals surface area contributed by atoms with Crippen LogP contribution in [-0.2, 0) is 9.53 Å². The molecule has 25 heavy (non-hydrogen) atoms. The van der Waals surface area contributed by atoms with Gasteiger partial charge in [0.2, 0.25) is 0 Å². The summed E-state index contributed by atoms with van der Waals surface area (Å²) in [5, 5.41) is 4.18. The maximum absolute atomic E-state index is 12.1. The van der Waals surface area contributed by atoms with Gasteiger partial charge in [-0.05, 0) is 31.0 Å². The van der Waals surface area contributed by atoms with Crippen LogP contribution in [0.5, 0.6) is 0 Å². The number of ether oxygens (including phenoxy) is 1. The normalized spacial score (nSPS) is 12.3. The first-order valence-electron chi connectivity index (χ1n) is 7.91. The summed E-state index contributed by atoms with van der Waals surface area (Å²) < 4.78 is 5.23. The minimum absolute atomic E-state index is 0.220. The molecule has 2 aromatic heterocycles. The summed E-state index contributed by atoms with van der Waals surface area (Å²) in [6, 6.07) is 7.68. The molecule has 0 fully saturated rings. The monoisotopic (exact) mass is 392 g/mol. The van der Waals surface area contributed by atoms with E-state index in [2.05, 4.69) is 15.3 Å². The van der Waals surface area contributed by atoms with Crippen molar-refractivity contribution in [3.63, 3.8) is 0 Å². The smallest absolute Gasteiger partial charge is 0.319 e. The Balaban J connectivity index is 1.94. The second-order valence-electron chi connectivity index (χ2n) is 5.44. The van der Waals surface area contributed by atoms with Gasteiger partial charge in [0.25, 0.3) is 0 Å². The number of thioether (sulfide) groups is 1. The van der Waals surface area contributed by atoms with Crippen molar-refractivity contribution in [1.29, 1.82) is 0 Å². The highest BCUT2D eigenvalue weighted by Crippen LogP contribution is 2.39. The molecule has 0 bridgehead atoms. The van der Waals surface area contributed by atoms with Gasteiger partial charge in [-0.15, -0.1) is 11.3 Å². The molecule has 0 saturated carbocycles. The third-order valence-electron chi connectivity index (χ3n) is 3.56. The Labute approximate surface area is 159 Å². The van der Waals surface area contributed by atoms with Crippen LogP contribution in [0.25, 0.3) is 21.3 Å². The molecule has 0 aliphatic rings. The lowest BCUT2D eigenvalue weighted by Gasteiger charge is -2.11. The number of carbonyl (C=O) groups is 1. The van der Waals surface area contributed by atoms with Gasteiger partial charge in [-0.1, -0.05) is 42.4 Å². The first-order chi connectivity index (χ1) is 12.1. The van der Waals surface area contributed by atoms with Gasteiger partial charge in [0.05, 0.1) is 12.0 Å². The highest BCUT2D eigenvalue weighted by Gasteiger charge is 2.20. The molecule has 4 nitrogen and oxygen atoms in total. The lowest BCUT2D eigenvalue weighted by atomic mass is 10.1. The first-order valence-corrected chi connectivity index (χ1v) is 10.0. The van der Waals surface area contributed by atoms with Crippen LogP contribution in [0.4, 0.5) is 0 Å². The molecule has 0 N–H and O–H groups in total. The van der Waals surface area contributed by atoms with Crippen molar-refractivity contribution in [1.82, 2.24) is 9.97 Å². The Morgan fingerprint density at radius 3 is 2.80 bits per heavy atom. The molecule has 0 unspecified atom stereocenters. The number of hydrogen-bond acceptors (Lipinski definition) is 6. The lowest BCUT2D eigenvalue weighted by Crippen LogP contribution is -2.17. The number of thiophene rings is 1. The summed E-state index contributed by atoms with van der Waals surface area (Å²) in [5.41, 5.74) is 2.10. The topological polar surface area (TPSA) is 52.1 Å². The summed E-state index contributed by atoms with van der Waals surface area (Å²) in [6.45, 7) is 4.26. The van der Waals surface area contributed by atoms with E-state index in [1.807, 2.05) is 38.1 Å². The molecular formula is C18H17ClN2O2S2. The summed E-state index contributed by atoms with van der Waals surface area (Å²) in [6.07, 6.45) is 2.35. The summed E-state index contributed by atoms with van der Waals surface area (Å²) in [5.74, 6) is -0.220. The maximum atomic E-state index is 12.1. The molecular weight excluding hydrogens is 376 g/mol. The van der Waals surface area contributed by atoms with Crippen LogP contribution in [0.3, 0.4) is 0 Å². The number of fused-ring (bicyclic) bond motifs is 1. The number of nitrogens with zero attached hydrogens (tertiary/aromatic N) is 2. The SMILES string of the molecule is CCCOC(=O)[C@@H](C)Sc1ncnc2scc(-c3ccc(Cl)cc3)c12.